The minimum atomic E-state index is -1.04. The molecule has 0 fully saturated rings. The van der Waals surface area contributed by atoms with Crippen molar-refractivity contribution < 1.29 is 14.7 Å². The van der Waals surface area contributed by atoms with Crippen LogP contribution in [0.15, 0.2) is 36.5 Å². The van der Waals surface area contributed by atoms with Gasteiger partial charge in [-0.15, -0.1) is 11.3 Å². The van der Waals surface area contributed by atoms with Crippen molar-refractivity contribution in [3.8, 4) is 10.6 Å². The highest BCUT2D eigenvalue weighted by Crippen LogP contribution is 2.24. The topological polar surface area (TPSA) is 79.3 Å². The molecule has 1 heterocycles. The Morgan fingerprint density at radius 2 is 1.90 bits per heavy atom. The van der Waals surface area contributed by atoms with Crippen molar-refractivity contribution >= 4 is 23.2 Å². The van der Waals surface area contributed by atoms with Gasteiger partial charge in [0.1, 0.15) is 15.9 Å². The second kappa shape index (κ2) is 6.49. The molecule has 5 nitrogen and oxygen atoms in total. The molecule has 1 aromatic heterocycles. The number of aromatic nitrogens is 1. The molecule has 1 aromatic carbocycles. The lowest BCUT2D eigenvalue weighted by Gasteiger charge is -2.17. The smallest absolute Gasteiger partial charge is 0.326 e. The van der Waals surface area contributed by atoms with Crippen molar-refractivity contribution in [3.05, 3.63) is 41.4 Å². The maximum absolute atomic E-state index is 12.1. The first-order valence-electron chi connectivity index (χ1n) is 6.54. The lowest BCUT2D eigenvalue weighted by molar-refractivity contribution is -0.140. The minimum absolute atomic E-state index is 0.187. The second-order valence-corrected chi connectivity index (χ2v) is 5.96. The highest BCUT2D eigenvalue weighted by Gasteiger charge is 2.24. The summed E-state index contributed by atoms with van der Waals surface area (Å²) < 4.78 is 0. The summed E-state index contributed by atoms with van der Waals surface area (Å²) in [6.07, 6.45) is 1.47. The van der Waals surface area contributed by atoms with E-state index in [4.69, 9.17) is 5.11 Å². The Bertz CT molecular complexity index is 637. The number of carbonyl (C=O) groups is 2. The molecule has 1 atom stereocenters. The zero-order valence-electron chi connectivity index (χ0n) is 11.7. The van der Waals surface area contributed by atoms with Gasteiger partial charge in [0.05, 0.1) is 6.20 Å². The highest BCUT2D eigenvalue weighted by atomic mass is 32.1. The number of nitrogens with zero attached hydrogens (tertiary/aromatic N) is 1. The lowest BCUT2D eigenvalue weighted by atomic mass is 10.0. The third-order valence-corrected chi connectivity index (χ3v) is 4.01. The molecule has 0 radical (unpaired) electrons. The molecule has 0 aliphatic rings. The van der Waals surface area contributed by atoms with Gasteiger partial charge in [0, 0.05) is 5.56 Å². The van der Waals surface area contributed by atoms with Crippen LogP contribution in [-0.2, 0) is 4.79 Å². The number of hydrogen-bond acceptors (Lipinski definition) is 4. The predicted octanol–water partition coefficient (Wildman–Crippen LogP) is 2.65. The number of carboxylic acid groups (broad SMARTS) is 1. The first kappa shape index (κ1) is 15.2. The molecule has 0 aliphatic heterocycles. The molecule has 1 amide bonds. The van der Waals surface area contributed by atoms with Crippen LogP contribution >= 0.6 is 11.3 Å². The summed E-state index contributed by atoms with van der Waals surface area (Å²) >= 11 is 1.24. The molecule has 0 aliphatic carbocycles. The third kappa shape index (κ3) is 3.66. The average molecular weight is 304 g/mol. The van der Waals surface area contributed by atoms with E-state index in [0.717, 1.165) is 10.6 Å². The number of carbonyl (C=O) groups excluding carboxylic acids is 1. The number of amides is 1. The molecule has 2 rings (SSSR count). The number of thiazole rings is 1. The molecule has 0 saturated heterocycles. The number of hydrogen-bond donors (Lipinski definition) is 2. The first-order valence-corrected chi connectivity index (χ1v) is 7.35. The SMILES string of the molecule is CC(C)[C@@H](NC(=O)c1cnc(-c2ccccc2)s1)C(=O)O. The monoisotopic (exact) mass is 304 g/mol. The van der Waals surface area contributed by atoms with E-state index in [9.17, 15) is 9.59 Å². The van der Waals surface area contributed by atoms with Crippen LogP contribution in [0.1, 0.15) is 23.5 Å². The van der Waals surface area contributed by atoms with Gasteiger partial charge in [-0.3, -0.25) is 4.79 Å². The number of benzene rings is 1. The van der Waals surface area contributed by atoms with Gasteiger partial charge in [0.25, 0.3) is 5.91 Å². The first-order chi connectivity index (χ1) is 9.99. The van der Waals surface area contributed by atoms with E-state index in [1.165, 1.54) is 17.5 Å². The fourth-order valence-corrected chi connectivity index (χ4v) is 2.64. The van der Waals surface area contributed by atoms with Crippen LogP contribution in [0.2, 0.25) is 0 Å². The number of aliphatic carboxylic acids is 1. The Kier molecular flexibility index (Phi) is 4.70. The maximum atomic E-state index is 12.1. The molecule has 0 spiro atoms. The van der Waals surface area contributed by atoms with E-state index in [0.29, 0.717) is 4.88 Å². The van der Waals surface area contributed by atoms with E-state index in [1.54, 1.807) is 13.8 Å². The van der Waals surface area contributed by atoms with Gasteiger partial charge >= 0.3 is 5.97 Å². The molecular formula is C15H16N2O3S. The van der Waals surface area contributed by atoms with E-state index in [-0.39, 0.29) is 5.92 Å². The molecule has 0 saturated carbocycles. The van der Waals surface area contributed by atoms with Gasteiger partial charge in [0.15, 0.2) is 0 Å². The van der Waals surface area contributed by atoms with Crippen molar-refractivity contribution in [1.82, 2.24) is 10.3 Å². The summed E-state index contributed by atoms with van der Waals surface area (Å²) in [5.41, 5.74) is 0.931. The van der Waals surface area contributed by atoms with Crippen molar-refractivity contribution in [2.45, 2.75) is 19.9 Å². The maximum Gasteiger partial charge on any atom is 0.326 e. The summed E-state index contributed by atoms with van der Waals surface area (Å²) in [7, 11) is 0. The van der Waals surface area contributed by atoms with E-state index in [2.05, 4.69) is 10.3 Å². The van der Waals surface area contributed by atoms with Crippen molar-refractivity contribution in [2.24, 2.45) is 5.92 Å². The highest BCUT2D eigenvalue weighted by molar-refractivity contribution is 7.16. The Labute approximate surface area is 126 Å². The van der Waals surface area contributed by atoms with E-state index < -0.39 is 17.9 Å². The standard InChI is InChI=1S/C15H16N2O3S/c1-9(2)12(15(19)20)17-13(18)11-8-16-14(21-11)10-6-4-3-5-7-10/h3-9,12H,1-2H3,(H,17,18)(H,19,20)/t12-/m1/s1. The lowest BCUT2D eigenvalue weighted by Crippen LogP contribution is -2.44. The molecular weight excluding hydrogens is 288 g/mol. The van der Waals surface area contributed by atoms with Crippen LogP contribution in [0.4, 0.5) is 0 Å². The normalized spacial score (nSPS) is 12.1. The Morgan fingerprint density at radius 1 is 1.24 bits per heavy atom. The summed E-state index contributed by atoms with van der Waals surface area (Å²) in [5.74, 6) is -1.63. The van der Waals surface area contributed by atoms with Crippen LogP contribution in [0, 0.1) is 5.92 Å². The fraction of sp³-hybridized carbons (Fsp3) is 0.267. The predicted molar refractivity (Wildman–Crippen MR) is 81.3 cm³/mol. The van der Waals surface area contributed by atoms with Gasteiger partial charge in [-0.2, -0.15) is 0 Å². The van der Waals surface area contributed by atoms with Crippen molar-refractivity contribution in [2.75, 3.05) is 0 Å². The molecule has 0 bridgehead atoms. The third-order valence-electron chi connectivity index (χ3n) is 2.97. The Balaban J connectivity index is 2.14. The summed E-state index contributed by atoms with van der Waals surface area (Å²) in [6, 6.07) is 8.62. The van der Waals surface area contributed by atoms with Gasteiger partial charge in [-0.05, 0) is 5.92 Å². The zero-order valence-corrected chi connectivity index (χ0v) is 12.6. The van der Waals surface area contributed by atoms with E-state index >= 15 is 0 Å². The van der Waals surface area contributed by atoms with E-state index in [1.807, 2.05) is 30.3 Å². The van der Waals surface area contributed by atoms with Crippen LogP contribution in [-0.4, -0.2) is 28.0 Å². The number of nitrogens with one attached hydrogen (secondary N) is 1. The Morgan fingerprint density at radius 3 is 2.48 bits per heavy atom. The Hall–Kier alpha value is -2.21. The molecule has 21 heavy (non-hydrogen) atoms. The molecule has 110 valence electrons. The van der Waals surface area contributed by atoms with Crippen molar-refractivity contribution in [1.29, 1.82) is 0 Å². The minimum Gasteiger partial charge on any atom is -0.480 e. The van der Waals surface area contributed by atoms with Crippen LogP contribution in [0.25, 0.3) is 10.6 Å². The van der Waals surface area contributed by atoms with Crippen LogP contribution < -0.4 is 5.32 Å². The van der Waals surface area contributed by atoms with Crippen molar-refractivity contribution in [3.63, 3.8) is 0 Å². The molecule has 6 heteroatoms. The number of rotatable bonds is 5. The van der Waals surface area contributed by atoms with Crippen LogP contribution in [0.5, 0.6) is 0 Å². The van der Waals surface area contributed by atoms with Crippen LogP contribution in [0.3, 0.4) is 0 Å². The number of carboxylic acids is 1. The van der Waals surface area contributed by atoms with Gasteiger partial charge in [-0.25, -0.2) is 9.78 Å². The van der Waals surface area contributed by atoms with Gasteiger partial charge in [0.2, 0.25) is 0 Å². The fourth-order valence-electron chi connectivity index (χ4n) is 1.82. The summed E-state index contributed by atoms with van der Waals surface area (Å²) in [4.78, 5) is 27.8. The summed E-state index contributed by atoms with van der Waals surface area (Å²) in [5, 5.41) is 12.4. The second-order valence-electron chi connectivity index (χ2n) is 4.93. The largest absolute Gasteiger partial charge is 0.480 e. The molecule has 2 aromatic rings. The quantitative estimate of drug-likeness (QED) is 0.890. The summed E-state index contributed by atoms with van der Waals surface area (Å²) in [6.45, 7) is 3.50. The molecule has 2 N–H and O–H groups in total. The molecule has 0 unspecified atom stereocenters. The average Bonchev–Trinajstić information content (AvgIpc) is 2.94. The van der Waals surface area contributed by atoms with Gasteiger partial charge < -0.3 is 10.4 Å². The van der Waals surface area contributed by atoms with Gasteiger partial charge in [-0.1, -0.05) is 44.2 Å². The zero-order chi connectivity index (χ0) is 15.4.